The van der Waals surface area contributed by atoms with Crippen molar-refractivity contribution in [3.63, 3.8) is 0 Å². The summed E-state index contributed by atoms with van der Waals surface area (Å²) in [5.41, 5.74) is 0.250. The van der Waals surface area contributed by atoms with Gasteiger partial charge in [0, 0.05) is 25.0 Å². The molecule has 0 spiro atoms. The van der Waals surface area contributed by atoms with Gasteiger partial charge in [-0.3, -0.25) is 14.9 Å². The Morgan fingerprint density at radius 1 is 1.21 bits per heavy atom. The molecule has 0 amide bonds. The Bertz CT molecular complexity index is 848. The topological polar surface area (TPSA) is 89.2 Å². The van der Waals surface area contributed by atoms with Crippen LogP contribution < -0.4 is 16.2 Å². The molecule has 0 fully saturated rings. The van der Waals surface area contributed by atoms with E-state index >= 15 is 0 Å². The van der Waals surface area contributed by atoms with E-state index in [2.05, 4.69) is 31.1 Å². The first kappa shape index (κ1) is 25.8. The first-order valence-electron chi connectivity index (χ1n) is 9.59. The van der Waals surface area contributed by atoms with Crippen LogP contribution in [0.4, 0.5) is 21.5 Å². The van der Waals surface area contributed by atoms with E-state index in [1.54, 1.807) is 13.1 Å². The van der Waals surface area contributed by atoms with E-state index in [1.165, 1.54) is 37.2 Å². The van der Waals surface area contributed by atoms with Crippen molar-refractivity contribution >= 4 is 17.1 Å². The zero-order chi connectivity index (χ0) is 22.4. The van der Waals surface area contributed by atoms with Gasteiger partial charge in [-0.05, 0) is 24.3 Å². The summed E-state index contributed by atoms with van der Waals surface area (Å²) >= 11 is 0. The second-order valence-corrected chi connectivity index (χ2v) is 5.75. The summed E-state index contributed by atoms with van der Waals surface area (Å²) in [6, 6.07) is 6.71. The molecule has 0 saturated heterocycles. The van der Waals surface area contributed by atoms with Crippen LogP contribution in [0.3, 0.4) is 0 Å². The number of anilines is 2. The monoisotopic (exact) mass is 406 g/mol. The molecule has 0 radical (unpaired) electrons. The minimum atomic E-state index is -0.735. The van der Waals surface area contributed by atoms with Gasteiger partial charge in [0.1, 0.15) is 5.82 Å². The quantitative estimate of drug-likeness (QED) is 0.475. The summed E-state index contributed by atoms with van der Waals surface area (Å²) in [7, 11) is 1.69. The van der Waals surface area contributed by atoms with Crippen molar-refractivity contribution < 1.29 is 9.31 Å². The molecule has 2 rings (SSSR count). The maximum atomic E-state index is 13.3. The lowest BCUT2D eigenvalue weighted by Crippen LogP contribution is -2.23. The van der Waals surface area contributed by atoms with E-state index in [0.29, 0.717) is 17.1 Å². The van der Waals surface area contributed by atoms with E-state index in [0.717, 1.165) is 10.6 Å². The molecule has 2 aromatic rings. The van der Waals surface area contributed by atoms with Crippen LogP contribution in [0.25, 0.3) is 0 Å². The molecule has 0 bridgehead atoms. The Kier molecular flexibility index (Phi) is 12.4. The molecule has 7 nitrogen and oxygen atoms in total. The first-order valence-corrected chi connectivity index (χ1v) is 9.59. The number of nitrogens with zero attached hydrogens (tertiary/aromatic N) is 2. The number of pyridine rings is 1. The van der Waals surface area contributed by atoms with Crippen LogP contribution in [0.15, 0.2) is 53.6 Å². The van der Waals surface area contributed by atoms with Gasteiger partial charge in [0.2, 0.25) is 0 Å². The number of unbranched alkanes of at least 4 members (excludes halogenated alkanes) is 1. The highest BCUT2D eigenvalue weighted by molar-refractivity contribution is 5.70. The maximum Gasteiger partial charge on any atom is 0.334 e. The fourth-order valence-corrected chi connectivity index (χ4v) is 2.06. The van der Waals surface area contributed by atoms with Crippen LogP contribution in [0.1, 0.15) is 40.5 Å². The molecule has 0 unspecified atom stereocenters. The van der Waals surface area contributed by atoms with E-state index in [1.807, 2.05) is 13.8 Å². The molecule has 8 heteroatoms. The number of nitrogens with one attached hydrogen (secondary N) is 2. The van der Waals surface area contributed by atoms with Gasteiger partial charge in [0.15, 0.2) is 0 Å². The van der Waals surface area contributed by atoms with Crippen LogP contribution >= 0.6 is 0 Å². The van der Waals surface area contributed by atoms with Gasteiger partial charge >= 0.3 is 11.2 Å². The number of hydrogen-bond acceptors (Lipinski definition) is 5. The van der Waals surface area contributed by atoms with E-state index < -0.39 is 22.0 Å². The van der Waals surface area contributed by atoms with Crippen LogP contribution in [0, 0.1) is 15.9 Å². The summed E-state index contributed by atoms with van der Waals surface area (Å²) in [6.45, 7) is 12.2. The van der Waals surface area contributed by atoms with Gasteiger partial charge < -0.3 is 15.2 Å². The third kappa shape index (κ3) is 8.59. The highest BCUT2D eigenvalue weighted by Crippen LogP contribution is 2.23. The predicted octanol–water partition coefficient (Wildman–Crippen LogP) is 5.40. The minimum Gasteiger partial charge on any atom is -0.386 e. The zero-order valence-electron chi connectivity index (χ0n) is 17.8. The Hall–Kier alpha value is -3.16. The Morgan fingerprint density at radius 3 is 2.34 bits per heavy atom. The molecule has 1 aromatic carbocycles. The molecule has 0 atom stereocenters. The molecule has 1 heterocycles. The van der Waals surface area contributed by atoms with Crippen molar-refractivity contribution in [3.8, 4) is 0 Å². The van der Waals surface area contributed by atoms with Gasteiger partial charge in [-0.1, -0.05) is 47.1 Å². The smallest absolute Gasteiger partial charge is 0.334 e. The van der Waals surface area contributed by atoms with Gasteiger partial charge in [0.05, 0.1) is 22.8 Å². The normalized spacial score (nSPS) is 9.31. The van der Waals surface area contributed by atoms with Crippen molar-refractivity contribution in [3.05, 3.63) is 75.1 Å². The zero-order valence-corrected chi connectivity index (χ0v) is 17.8. The first-order chi connectivity index (χ1) is 13.8. The van der Waals surface area contributed by atoms with Crippen LogP contribution in [-0.2, 0) is 6.54 Å². The number of halogens is 1. The minimum absolute atomic E-state index is 0.0141. The van der Waals surface area contributed by atoms with Gasteiger partial charge in [0.25, 0.3) is 0 Å². The molecular weight excluding hydrogens is 375 g/mol. The summed E-state index contributed by atoms with van der Waals surface area (Å²) < 4.78 is 14.5. The number of aromatic nitrogens is 1. The van der Waals surface area contributed by atoms with Gasteiger partial charge in [-0.2, -0.15) is 0 Å². The summed E-state index contributed by atoms with van der Waals surface area (Å²) in [5, 5.41) is 16.6. The lowest BCUT2D eigenvalue weighted by Gasteiger charge is -2.14. The highest BCUT2D eigenvalue weighted by atomic mass is 19.1. The largest absolute Gasteiger partial charge is 0.386 e. The molecule has 0 aliphatic heterocycles. The molecule has 1 aromatic heterocycles. The van der Waals surface area contributed by atoms with Crippen molar-refractivity contribution in [1.82, 2.24) is 4.57 Å². The third-order valence-corrected chi connectivity index (χ3v) is 3.62. The number of hydrogen-bond donors (Lipinski definition) is 2. The van der Waals surface area contributed by atoms with Crippen LogP contribution in [-0.4, -0.2) is 16.5 Å². The van der Waals surface area contributed by atoms with Gasteiger partial charge in [-0.15, -0.1) is 0 Å². The number of rotatable bonds is 7. The summed E-state index contributed by atoms with van der Waals surface area (Å²) in [5.74, 6) is -0.424. The van der Waals surface area contributed by atoms with Crippen molar-refractivity contribution in [1.29, 1.82) is 0 Å². The molecule has 160 valence electrons. The average Bonchev–Trinajstić information content (AvgIpc) is 2.71. The number of allylic oxidation sites excluding steroid dienone is 1. The second kappa shape index (κ2) is 13.9. The Morgan fingerprint density at radius 2 is 1.83 bits per heavy atom. The summed E-state index contributed by atoms with van der Waals surface area (Å²) in [6.07, 6.45) is 4.06. The Labute approximate surface area is 171 Å². The molecular formula is C21H31FN4O3. The lowest BCUT2D eigenvalue weighted by atomic mass is 10.2. The molecule has 2 N–H and O–H groups in total. The summed E-state index contributed by atoms with van der Waals surface area (Å²) in [4.78, 5) is 22.0. The standard InChI is InChI=1S/C15H15FN4O3.C4H10.C2H6/c1-10(18-13-8-11(16)5-6-12(13)17-2)9-19-7-3-4-14(15(19)21)20(22)23;1-3-4-2;1-2/h3-8,17-18H,1,9H2,2H3;3-4H2,1-2H3;1-2H3. The fourth-order valence-electron chi connectivity index (χ4n) is 2.06. The van der Waals surface area contributed by atoms with E-state index in [9.17, 15) is 19.3 Å². The fraction of sp³-hybridized carbons (Fsp3) is 0.381. The van der Waals surface area contributed by atoms with E-state index in [-0.39, 0.29) is 6.54 Å². The van der Waals surface area contributed by atoms with Crippen molar-refractivity contribution in [2.45, 2.75) is 47.1 Å². The van der Waals surface area contributed by atoms with Gasteiger partial charge in [-0.25, -0.2) is 4.39 Å². The van der Waals surface area contributed by atoms with Crippen molar-refractivity contribution in [2.75, 3.05) is 17.7 Å². The number of benzene rings is 1. The molecule has 29 heavy (non-hydrogen) atoms. The molecule has 0 aliphatic carbocycles. The predicted molar refractivity (Wildman–Crippen MR) is 118 cm³/mol. The second-order valence-electron chi connectivity index (χ2n) is 5.75. The Balaban J connectivity index is 0.00000116. The van der Waals surface area contributed by atoms with Crippen LogP contribution in [0.5, 0.6) is 0 Å². The lowest BCUT2D eigenvalue weighted by molar-refractivity contribution is -0.386. The molecule has 0 aliphatic rings. The maximum absolute atomic E-state index is 13.3. The van der Waals surface area contributed by atoms with Crippen molar-refractivity contribution in [2.24, 2.45) is 0 Å². The van der Waals surface area contributed by atoms with E-state index in [4.69, 9.17) is 0 Å². The average molecular weight is 407 g/mol. The van der Waals surface area contributed by atoms with Crippen LogP contribution in [0.2, 0.25) is 0 Å². The SMILES string of the molecule is C=C(Cn1cccc([N+](=O)[O-])c1=O)Nc1cc(F)ccc1NC.CC.CCCC. The number of nitro groups is 1. The third-order valence-electron chi connectivity index (χ3n) is 3.62. The molecule has 0 saturated carbocycles. The highest BCUT2D eigenvalue weighted by Gasteiger charge is 2.14.